The van der Waals surface area contributed by atoms with E-state index in [0.29, 0.717) is 0 Å². The molecule has 73 heavy (non-hydrogen) atoms. The van der Waals surface area contributed by atoms with E-state index in [2.05, 4.69) is 291 Å². The molecule has 0 spiro atoms. The highest BCUT2D eigenvalue weighted by atomic mass is 15.1. The fourth-order valence-corrected chi connectivity index (χ4v) is 12.1. The predicted octanol–water partition coefficient (Wildman–Crippen LogP) is 18.0. The highest BCUT2D eigenvalue weighted by molar-refractivity contribution is 5.95. The zero-order chi connectivity index (χ0) is 48.9. The van der Waals surface area contributed by atoms with Crippen molar-refractivity contribution in [3.8, 4) is 39.3 Å². The first-order valence-electron chi connectivity index (χ1n) is 25.7. The third-order valence-electron chi connectivity index (χ3n) is 15.7. The Bertz CT molecular complexity index is 3780. The summed E-state index contributed by atoms with van der Waals surface area (Å²) in [7, 11) is 0. The van der Waals surface area contributed by atoms with Crippen LogP contribution in [0, 0.1) is 17.3 Å². The Kier molecular flexibility index (Phi) is 11.1. The van der Waals surface area contributed by atoms with Crippen LogP contribution in [0.5, 0.6) is 0 Å². The summed E-state index contributed by atoms with van der Waals surface area (Å²) in [5, 5.41) is 0. The molecule has 0 saturated heterocycles. The van der Waals surface area contributed by atoms with E-state index in [1.54, 1.807) is 0 Å². The number of allylic oxidation sites excluding steroid dienone is 10. The van der Waals surface area contributed by atoms with Crippen molar-refractivity contribution in [2.24, 2.45) is 17.3 Å². The molecular weight excluding hydrogens is 881 g/mol. The van der Waals surface area contributed by atoms with Crippen LogP contribution in [-0.4, -0.2) is 9.55 Å². The van der Waals surface area contributed by atoms with Gasteiger partial charge in [-0.1, -0.05) is 250 Å². The number of hydrogen-bond donors (Lipinski definition) is 0. The van der Waals surface area contributed by atoms with Gasteiger partial charge >= 0.3 is 0 Å². The Labute approximate surface area is 429 Å². The van der Waals surface area contributed by atoms with E-state index < -0.39 is 5.41 Å². The van der Waals surface area contributed by atoms with E-state index in [4.69, 9.17) is 4.98 Å². The van der Waals surface area contributed by atoms with E-state index in [-0.39, 0.29) is 17.8 Å². The number of imidazole rings is 1. The maximum absolute atomic E-state index is 5.22. The van der Waals surface area contributed by atoms with Crippen LogP contribution in [0.1, 0.15) is 53.1 Å². The quantitative estimate of drug-likeness (QED) is 0.141. The molecule has 0 amide bonds. The molecule has 0 radical (unpaired) electrons. The van der Waals surface area contributed by atoms with Gasteiger partial charge in [-0.25, -0.2) is 4.98 Å². The van der Waals surface area contributed by atoms with Crippen LogP contribution in [0.3, 0.4) is 0 Å². The van der Waals surface area contributed by atoms with Gasteiger partial charge < -0.3 is 0 Å². The lowest BCUT2D eigenvalue weighted by atomic mass is 9.55. The zero-order valence-electron chi connectivity index (χ0n) is 41.1. The molecule has 348 valence electrons. The third kappa shape index (κ3) is 7.88. The molecule has 0 bridgehead atoms. The van der Waals surface area contributed by atoms with Crippen LogP contribution in [0.2, 0.25) is 0 Å². The number of hydrogen-bond acceptors (Lipinski definition) is 1. The lowest BCUT2D eigenvalue weighted by Crippen LogP contribution is -2.35. The Hall–Kier alpha value is -8.85. The van der Waals surface area contributed by atoms with Gasteiger partial charge in [-0.05, 0) is 126 Å². The second kappa shape index (κ2) is 18.4. The number of para-hydroxylation sites is 3. The summed E-state index contributed by atoms with van der Waals surface area (Å²) < 4.78 is 2.28. The lowest BCUT2D eigenvalue weighted by Gasteiger charge is -2.47. The monoisotopic (exact) mass is 934 g/mol. The van der Waals surface area contributed by atoms with Gasteiger partial charge in [0.2, 0.25) is 0 Å². The summed E-state index contributed by atoms with van der Waals surface area (Å²) in [5.41, 5.74) is 22.9. The highest BCUT2D eigenvalue weighted by Gasteiger charge is 2.47. The Morgan fingerprint density at radius 2 is 1.00 bits per heavy atom. The predicted molar refractivity (Wildman–Crippen MR) is 306 cm³/mol. The van der Waals surface area contributed by atoms with E-state index in [1.165, 1.54) is 83.5 Å². The summed E-state index contributed by atoms with van der Waals surface area (Å²) >= 11 is 0. The van der Waals surface area contributed by atoms with E-state index in [1.807, 2.05) is 0 Å². The Morgan fingerprint density at radius 3 is 1.66 bits per heavy atom. The molecule has 0 saturated carbocycles. The number of fused-ring (bicyclic) bond motifs is 3. The van der Waals surface area contributed by atoms with Gasteiger partial charge in [-0.2, -0.15) is 0 Å². The fourth-order valence-electron chi connectivity index (χ4n) is 12.1. The highest BCUT2D eigenvalue weighted by Crippen LogP contribution is 2.61. The Morgan fingerprint density at radius 1 is 0.466 bits per heavy atom. The molecule has 1 heterocycles. The van der Waals surface area contributed by atoms with Crippen LogP contribution in [0.25, 0.3) is 72.7 Å². The van der Waals surface area contributed by atoms with Gasteiger partial charge in [-0.15, -0.1) is 0 Å². The van der Waals surface area contributed by atoms with Crippen molar-refractivity contribution in [3.05, 3.63) is 312 Å². The molecule has 3 aliphatic carbocycles. The van der Waals surface area contributed by atoms with Crippen LogP contribution in [0.15, 0.2) is 279 Å². The summed E-state index contributed by atoms with van der Waals surface area (Å²) in [6.07, 6.45) is 12.5. The number of benzene rings is 9. The molecule has 4 unspecified atom stereocenters. The number of aromatic nitrogens is 2. The van der Waals surface area contributed by atoms with Crippen LogP contribution < -0.4 is 0 Å². The molecule has 2 heteroatoms. The first kappa shape index (κ1) is 44.1. The van der Waals surface area contributed by atoms with Crippen molar-refractivity contribution in [3.63, 3.8) is 0 Å². The van der Waals surface area contributed by atoms with Gasteiger partial charge in [0.25, 0.3) is 0 Å². The SMILES string of the molecule is CC1C(c2ccccc2)=CC(c2ccccc2)=CC1C1=C2C=C(c3ccc(-c4nc5ccccc5n4-c4ccccc4)cc3)C=CC2(C)C(c2cc(-c3ccccc3)cc(-c3ccccc3)c2)c2ccccc21. The molecule has 9 aromatic carbocycles. The molecule has 2 nitrogen and oxygen atoms in total. The molecule has 13 rings (SSSR count). The minimum Gasteiger partial charge on any atom is -0.292 e. The van der Waals surface area contributed by atoms with E-state index in [9.17, 15) is 0 Å². The first-order chi connectivity index (χ1) is 36.0. The summed E-state index contributed by atoms with van der Waals surface area (Å²) in [5.74, 6) is 1.19. The molecule has 10 aromatic rings. The Balaban J connectivity index is 1.02. The number of rotatable bonds is 9. The third-order valence-corrected chi connectivity index (χ3v) is 15.7. The first-order valence-corrected chi connectivity index (χ1v) is 25.7. The normalized spacial score (nSPS) is 19.2. The molecule has 4 atom stereocenters. The number of nitrogens with zero attached hydrogens (tertiary/aromatic N) is 2. The maximum atomic E-state index is 5.22. The van der Waals surface area contributed by atoms with Crippen molar-refractivity contribution in [1.82, 2.24) is 9.55 Å². The van der Waals surface area contributed by atoms with Crippen LogP contribution in [0.4, 0.5) is 0 Å². The summed E-state index contributed by atoms with van der Waals surface area (Å²) in [4.78, 5) is 5.22. The average Bonchev–Trinajstić information content (AvgIpc) is 3.85. The molecule has 0 aliphatic heterocycles. The van der Waals surface area contributed by atoms with Crippen molar-refractivity contribution in [2.45, 2.75) is 19.8 Å². The van der Waals surface area contributed by atoms with Gasteiger partial charge in [0, 0.05) is 28.5 Å². The summed E-state index contributed by atoms with van der Waals surface area (Å²) in [6, 6.07) is 88.5. The fraction of sp³-hybridized carbons (Fsp3) is 0.0845. The molecule has 0 N–H and O–H groups in total. The minimum absolute atomic E-state index is 0.0107. The largest absolute Gasteiger partial charge is 0.292 e. The van der Waals surface area contributed by atoms with Crippen molar-refractivity contribution in [1.29, 1.82) is 0 Å². The molecule has 3 aliphatic rings. The zero-order valence-corrected chi connectivity index (χ0v) is 41.1. The molecule has 0 fully saturated rings. The van der Waals surface area contributed by atoms with Gasteiger partial charge in [-0.3, -0.25) is 4.57 Å². The maximum Gasteiger partial charge on any atom is 0.145 e. The van der Waals surface area contributed by atoms with Crippen molar-refractivity contribution in [2.75, 3.05) is 0 Å². The van der Waals surface area contributed by atoms with Gasteiger partial charge in [0.05, 0.1) is 11.0 Å². The van der Waals surface area contributed by atoms with Gasteiger partial charge in [0.15, 0.2) is 0 Å². The van der Waals surface area contributed by atoms with E-state index in [0.717, 1.165) is 28.1 Å². The molecular formula is C71H54N2. The second-order valence-electron chi connectivity index (χ2n) is 20.1. The van der Waals surface area contributed by atoms with Gasteiger partial charge in [0.1, 0.15) is 5.82 Å². The van der Waals surface area contributed by atoms with Crippen molar-refractivity contribution < 1.29 is 0 Å². The smallest absolute Gasteiger partial charge is 0.145 e. The second-order valence-corrected chi connectivity index (χ2v) is 20.1. The topological polar surface area (TPSA) is 17.8 Å². The standard InChI is InChI=1S/C71H54N2/c1-48-63(53-28-14-6-15-29-53)45-58(51-26-12-5-13-27-51)46-64(48)68-61-32-18-19-33-62(61)69(59-43-56(49-22-8-3-9-23-49)42-57(44-59)50-24-10-4-11-25-50)71(2)41-40-55(47-65(68)71)52-36-38-54(39-37-52)70-72-66-34-20-21-35-67(66)73(70)60-30-16-7-17-31-60/h3-48,64,69H,1-2H3. The van der Waals surface area contributed by atoms with Crippen LogP contribution >= 0.6 is 0 Å². The summed E-state index contributed by atoms with van der Waals surface area (Å²) in [6.45, 7) is 4.95. The van der Waals surface area contributed by atoms with Crippen molar-refractivity contribution >= 4 is 33.3 Å². The average molecular weight is 935 g/mol. The molecule has 1 aromatic heterocycles. The van der Waals surface area contributed by atoms with Crippen LogP contribution in [-0.2, 0) is 0 Å². The lowest BCUT2D eigenvalue weighted by molar-refractivity contribution is 0.442. The minimum atomic E-state index is -0.425. The van der Waals surface area contributed by atoms with E-state index >= 15 is 0 Å².